The molecule has 0 aliphatic heterocycles. The first-order chi connectivity index (χ1) is 7.23. The molecule has 0 aliphatic carbocycles. The average Bonchev–Trinajstić information content (AvgIpc) is 2.17. The maximum Gasteiger partial charge on any atom is 0.472 e. The van der Waals surface area contributed by atoms with Gasteiger partial charge in [-0.1, -0.05) is 18.2 Å². The molecular weight excluding hydrogens is 247 g/mol. The summed E-state index contributed by atoms with van der Waals surface area (Å²) >= 11 is 0. The summed E-state index contributed by atoms with van der Waals surface area (Å²) in [6.45, 7) is 0. The molecule has 0 radical (unpaired) electrons. The van der Waals surface area contributed by atoms with E-state index >= 15 is 0 Å². The molecule has 0 aliphatic rings. The summed E-state index contributed by atoms with van der Waals surface area (Å²) in [5.41, 5.74) is 0. The molecule has 0 saturated carbocycles. The number of hydrogen-bond acceptors (Lipinski definition) is 3. The molecule has 0 saturated heterocycles. The summed E-state index contributed by atoms with van der Waals surface area (Å²) in [6.07, 6.45) is -5.23. The molecule has 1 aromatic carbocycles. The van der Waals surface area contributed by atoms with Crippen molar-refractivity contribution in [2.24, 2.45) is 0 Å². The highest BCUT2D eigenvalue weighted by atomic mass is 32.2. The number of hydrogen-bond donors (Lipinski definition) is 1. The van der Waals surface area contributed by atoms with Crippen molar-refractivity contribution in [3.63, 3.8) is 0 Å². The highest BCUT2D eigenvalue weighted by Crippen LogP contribution is 2.16. The smallest absolute Gasteiger partial charge is 0.263 e. The van der Waals surface area contributed by atoms with E-state index in [4.69, 9.17) is 0 Å². The van der Waals surface area contributed by atoms with Gasteiger partial charge in [-0.15, -0.1) is 0 Å². The average molecular weight is 253 g/mol. The van der Waals surface area contributed by atoms with Gasteiger partial charge in [-0.25, -0.2) is 13.1 Å². The van der Waals surface area contributed by atoms with Crippen LogP contribution in [0.3, 0.4) is 0 Å². The predicted molar refractivity (Wildman–Crippen MR) is 47.8 cm³/mol. The molecule has 0 spiro atoms. The highest BCUT2D eigenvalue weighted by molar-refractivity contribution is 7.90. The summed E-state index contributed by atoms with van der Waals surface area (Å²) < 4.78 is 58.9. The minimum atomic E-state index is -5.23. The Morgan fingerprint density at radius 1 is 1.12 bits per heavy atom. The van der Waals surface area contributed by atoms with Crippen LogP contribution in [0.4, 0.5) is 13.2 Å². The molecule has 1 rings (SSSR count). The predicted octanol–water partition coefficient (Wildman–Crippen LogP) is 1.05. The zero-order valence-corrected chi connectivity index (χ0v) is 8.47. The lowest BCUT2D eigenvalue weighted by molar-refractivity contribution is -0.171. The highest BCUT2D eigenvalue weighted by Gasteiger charge is 2.41. The minimum Gasteiger partial charge on any atom is -0.263 e. The quantitative estimate of drug-likeness (QED) is 0.857. The number of carbonyl (C=O) groups is 1. The molecule has 1 aromatic rings. The Morgan fingerprint density at radius 2 is 1.62 bits per heavy atom. The van der Waals surface area contributed by atoms with Crippen molar-refractivity contribution in [1.82, 2.24) is 4.72 Å². The van der Waals surface area contributed by atoms with E-state index in [2.05, 4.69) is 0 Å². The number of amides is 1. The van der Waals surface area contributed by atoms with Crippen molar-refractivity contribution in [1.29, 1.82) is 0 Å². The third-order valence-corrected chi connectivity index (χ3v) is 2.88. The number of alkyl halides is 3. The normalized spacial score (nSPS) is 12.2. The number of sulfonamides is 1. The fraction of sp³-hybridized carbons (Fsp3) is 0.125. The van der Waals surface area contributed by atoms with E-state index in [0.717, 1.165) is 16.9 Å². The van der Waals surface area contributed by atoms with Crippen molar-refractivity contribution < 1.29 is 26.4 Å². The van der Waals surface area contributed by atoms with Crippen LogP contribution in [-0.4, -0.2) is 20.5 Å². The van der Waals surface area contributed by atoms with Crippen molar-refractivity contribution in [3.8, 4) is 0 Å². The zero-order valence-electron chi connectivity index (χ0n) is 7.65. The van der Waals surface area contributed by atoms with Crippen LogP contribution in [0.1, 0.15) is 0 Å². The molecule has 1 N–H and O–H groups in total. The van der Waals surface area contributed by atoms with Gasteiger partial charge in [0.25, 0.3) is 10.0 Å². The first kappa shape index (κ1) is 12.5. The minimum absolute atomic E-state index is 0.410. The van der Waals surface area contributed by atoms with Gasteiger partial charge in [-0.05, 0) is 12.1 Å². The van der Waals surface area contributed by atoms with Gasteiger partial charge in [-0.2, -0.15) is 13.2 Å². The molecule has 0 aromatic heterocycles. The Morgan fingerprint density at radius 3 is 2.06 bits per heavy atom. The second kappa shape index (κ2) is 4.12. The van der Waals surface area contributed by atoms with Gasteiger partial charge >= 0.3 is 12.1 Å². The summed E-state index contributed by atoms with van der Waals surface area (Å²) in [7, 11) is -4.46. The van der Waals surface area contributed by atoms with Gasteiger partial charge in [0.05, 0.1) is 4.90 Å². The standard InChI is InChI=1S/C8H6F3NO3S/c9-8(10,11)7(13)12-16(14,15)6-4-2-1-3-5-6/h1-5H,(H,12,13). The topological polar surface area (TPSA) is 63.2 Å². The largest absolute Gasteiger partial charge is 0.472 e. The lowest BCUT2D eigenvalue weighted by Gasteiger charge is -2.08. The van der Waals surface area contributed by atoms with Crippen LogP contribution in [0, 0.1) is 0 Å². The van der Waals surface area contributed by atoms with Crippen molar-refractivity contribution in [2.45, 2.75) is 11.1 Å². The van der Waals surface area contributed by atoms with Crippen molar-refractivity contribution in [3.05, 3.63) is 30.3 Å². The molecule has 0 fully saturated rings. The van der Waals surface area contributed by atoms with E-state index in [1.807, 2.05) is 0 Å². The van der Waals surface area contributed by atoms with Gasteiger partial charge in [0, 0.05) is 0 Å². The molecule has 4 nitrogen and oxygen atoms in total. The lowest BCUT2D eigenvalue weighted by atomic mass is 10.4. The van der Waals surface area contributed by atoms with Crippen LogP contribution in [-0.2, 0) is 14.8 Å². The summed E-state index contributed by atoms with van der Waals surface area (Å²) in [6, 6.07) is 6.29. The van der Waals surface area contributed by atoms with Gasteiger partial charge in [0.15, 0.2) is 0 Å². The number of halogens is 3. The van der Waals surface area contributed by atoms with E-state index in [1.165, 1.54) is 18.2 Å². The van der Waals surface area contributed by atoms with Gasteiger partial charge < -0.3 is 0 Å². The number of benzene rings is 1. The lowest BCUT2D eigenvalue weighted by Crippen LogP contribution is -2.40. The van der Waals surface area contributed by atoms with E-state index in [9.17, 15) is 26.4 Å². The molecule has 0 unspecified atom stereocenters. The molecule has 1 amide bonds. The third kappa shape index (κ3) is 2.96. The second-order valence-corrected chi connectivity index (χ2v) is 4.43. The van der Waals surface area contributed by atoms with Gasteiger partial charge in [-0.3, -0.25) is 4.79 Å². The monoisotopic (exact) mass is 253 g/mol. The zero-order chi connectivity index (χ0) is 12.4. The molecule has 0 bridgehead atoms. The Hall–Kier alpha value is -1.57. The maximum atomic E-state index is 11.8. The van der Waals surface area contributed by atoms with Crippen LogP contribution >= 0.6 is 0 Å². The van der Waals surface area contributed by atoms with Crippen molar-refractivity contribution >= 4 is 15.9 Å². The number of rotatable bonds is 2. The Labute approximate surface area is 89.1 Å². The molecule has 88 valence electrons. The number of nitrogens with one attached hydrogen (secondary N) is 1. The fourth-order valence-corrected chi connectivity index (χ4v) is 1.83. The molecular formula is C8H6F3NO3S. The van der Waals surface area contributed by atoms with E-state index < -0.39 is 27.0 Å². The molecule has 0 heterocycles. The van der Waals surface area contributed by atoms with E-state index in [1.54, 1.807) is 0 Å². The van der Waals surface area contributed by atoms with Gasteiger partial charge in [0.1, 0.15) is 0 Å². The van der Waals surface area contributed by atoms with Gasteiger partial charge in [0.2, 0.25) is 0 Å². The Bertz CT molecular complexity index is 481. The van der Waals surface area contributed by atoms with Crippen LogP contribution in [0.5, 0.6) is 0 Å². The van der Waals surface area contributed by atoms with Crippen LogP contribution in [0.2, 0.25) is 0 Å². The van der Waals surface area contributed by atoms with E-state index in [0.29, 0.717) is 0 Å². The van der Waals surface area contributed by atoms with E-state index in [-0.39, 0.29) is 0 Å². The maximum absolute atomic E-state index is 11.8. The summed E-state index contributed by atoms with van der Waals surface area (Å²) in [4.78, 5) is 10.0. The third-order valence-electron chi connectivity index (χ3n) is 1.54. The Balaban J connectivity index is 2.95. The SMILES string of the molecule is O=C(NS(=O)(=O)c1ccccc1)C(F)(F)F. The molecule has 0 atom stereocenters. The molecule has 8 heteroatoms. The van der Waals surface area contributed by atoms with Crippen LogP contribution in [0.15, 0.2) is 35.2 Å². The van der Waals surface area contributed by atoms with Crippen molar-refractivity contribution in [2.75, 3.05) is 0 Å². The Kier molecular flexibility index (Phi) is 3.22. The molecule has 16 heavy (non-hydrogen) atoms. The number of carbonyl (C=O) groups excluding carboxylic acids is 1. The first-order valence-electron chi connectivity index (χ1n) is 3.92. The van der Waals surface area contributed by atoms with Crippen LogP contribution in [0.25, 0.3) is 0 Å². The second-order valence-electron chi connectivity index (χ2n) is 2.75. The summed E-state index contributed by atoms with van der Waals surface area (Å²) in [5, 5.41) is 0. The van der Waals surface area contributed by atoms with Crippen LogP contribution < -0.4 is 4.72 Å². The first-order valence-corrected chi connectivity index (χ1v) is 5.41. The fourth-order valence-electron chi connectivity index (χ4n) is 0.838. The summed E-state index contributed by atoms with van der Waals surface area (Å²) in [5.74, 6) is -2.52.